The van der Waals surface area contributed by atoms with E-state index >= 15 is 0 Å². The minimum atomic E-state index is -0.663. The molecular formula is C16H16N2O4. The number of hydrogen-bond acceptors (Lipinski definition) is 5. The normalized spacial score (nSPS) is 22.4. The van der Waals surface area contributed by atoms with E-state index in [-0.39, 0.29) is 18.0 Å². The average Bonchev–Trinajstić information content (AvgIpc) is 3.05. The van der Waals surface area contributed by atoms with Gasteiger partial charge in [0.1, 0.15) is 6.23 Å². The van der Waals surface area contributed by atoms with Crippen LogP contribution in [0.25, 0.3) is 0 Å². The van der Waals surface area contributed by atoms with Crippen molar-refractivity contribution in [3.63, 3.8) is 0 Å². The third-order valence-corrected chi connectivity index (χ3v) is 3.74. The van der Waals surface area contributed by atoms with E-state index in [2.05, 4.69) is 5.32 Å². The maximum atomic E-state index is 10.7. The largest absolute Gasteiger partial charge is 0.387 e. The number of rotatable bonds is 4. The Morgan fingerprint density at radius 1 is 1.18 bits per heavy atom. The molecule has 3 atom stereocenters. The molecule has 22 heavy (non-hydrogen) atoms. The van der Waals surface area contributed by atoms with Gasteiger partial charge < -0.3 is 9.84 Å². The first-order valence-corrected chi connectivity index (χ1v) is 7.00. The van der Waals surface area contributed by atoms with Gasteiger partial charge in [0, 0.05) is 12.1 Å². The van der Waals surface area contributed by atoms with Crippen molar-refractivity contribution in [2.24, 2.45) is 0 Å². The highest BCUT2D eigenvalue weighted by atomic mass is 16.6. The summed E-state index contributed by atoms with van der Waals surface area (Å²) in [6.45, 7) is 0.373. The van der Waals surface area contributed by atoms with Crippen molar-refractivity contribution >= 4 is 5.69 Å². The van der Waals surface area contributed by atoms with Gasteiger partial charge in [0.05, 0.1) is 23.7 Å². The zero-order valence-electron chi connectivity index (χ0n) is 11.8. The summed E-state index contributed by atoms with van der Waals surface area (Å²) in [4.78, 5) is 10.2. The van der Waals surface area contributed by atoms with Crippen LogP contribution in [0, 0.1) is 10.1 Å². The number of non-ortho nitro benzene ring substituents is 1. The fourth-order valence-corrected chi connectivity index (χ4v) is 2.52. The number of nitro benzene ring substituents is 1. The molecule has 2 N–H and O–H groups in total. The van der Waals surface area contributed by atoms with Crippen molar-refractivity contribution in [1.29, 1.82) is 0 Å². The molecule has 0 saturated carbocycles. The Kier molecular flexibility index (Phi) is 4.15. The van der Waals surface area contributed by atoms with Gasteiger partial charge in [0.25, 0.3) is 5.69 Å². The molecule has 0 spiro atoms. The first kappa shape index (κ1) is 14.6. The van der Waals surface area contributed by atoms with Crippen LogP contribution in [0.15, 0.2) is 54.6 Å². The maximum absolute atomic E-state index is 10.7. The van der Waals surface area contributed by atoms with E-state index in [1.54, 1.807) is 12.1 Å². The second kappa shape index (κ2) is 6.23. The molecule has 6 heteroatoms. The topological polar surface area (TPSA) is 84.6 Å². The molecule has 1 unspecified atom stereocenters. The molecule has 1 fully saturated rings. The van der Waals surface area contributed by atoms with Crippen LogP contribution in [0.1, 0.15) is 23.5 Å². The third-order valence-electron chi connectivity index (χ3n) is 3.74. The van der Waals surface area contributed by atoms with Gasteiger partial charge in [-0.3, -0.25) is 15.4 Å². The van der Waals surface area contributed by atoms with E-state index in [0.29, 0.717) is 6.61 Å². The lowest BCUT2D eigenvalue weighted by Crippen LogP contribution is -2.32. The molecule has 0 aromatic heterocycles. The molecule has 1 aliphatic heterocycles. The lowest BCUT2D eigenvalue weighted by molar-refractivity contribution is -0.384. The van der Waals surface area contributed by atoms with Crippen molar-refractivity contribution in [1.82, 2.24) is 5.32 Å². The first-order valence-electron chi connectivity index (χ1n) is 7.00. The highest BCUT2D eigenvalue weighted by Crippen LogP contribution is 2.28. The van der Waals surface area contributed by atoms with Gasteiger partial charge in [-0.05, 0) is 23.3 Å². The minimum absolute atomic E-state index is 0.0441. The summed E-state index contributed by atoms with van der Waals surface area (Å²) in [5, 5.41) is 24.2. The van der Waals surface area contributed by atoms with E-state index in [1.807, 2.05) is 30.3 Å². The number of nitro groups is 1. The van der Waals surface area contributed by atoms with E-state index in [9.17, 15) is 15.2 Å². The summed E-state index contributed by atoms with van der Waals surface area (Å²) in [6.07, 6.45) is -1.03. The minimum Gasteiger partial charge on any atom is -0.387 e. The maximum Gasteiger partial charge on any atom is 0.269 e. The summed E-state index contributed by atoms with van der Waals surface area (Å²) < 4.78 is 5.65. The van der Waals surface area contributed by atoms with Crippen LogP contribution in [0.2, 0.25) is 0 Å². The van der Waals surface area contributed by atoms with Crippen molar-refractivity contribution in [2.45, 2.75) is 18.4 Å². The van der Waals surface area contributed by atoms with Gasteiger partial charge in [-0.25, -0.2) is 0 Å². The van der Waals surface area contributed by atoms with Crippen molar-refractivity contribution in [3.05, 3.63) is 75.8 Å². The Labute approximate surface area is 127 Å². The molecule has 1 aliphatic rings. The van der Waals surface area contributed by atoms with Gasteiger partial charge in [0.2, 0.25) is 0 Å². The molecule has 0 aliphatic carbocycles. The second-order valence-corrected chi connectivity index (χ2v) is 5.19. The highest BCUT2D eigenvalue weighted by molar-refractivity contribution is 5.34. The fourth-order valence-electron chi connectivity index (χ4n) is 2.52. The summed E-state index contributed by atoms with van der Waals surface area (Å²) >= 11 is 0. The Morgan fingerprint density at radius 3 is 2.50 bits per heavy atom. The van der Waals surface area contributed by atoms with Crippen LogP contribution in [0.5, 0.6) is 0 Å². The smallest absolute Gasteiger partial charge is 0.269 e. The predicted molar refractivity (Wildman–Crippen MR) is 80.1 cm³/mol. The Hall–Kier alpha value is -2.28. The number of ether oxygens (including phenoxy) is 1. The predicted octanol–water partition coefficient (Wildman–Crippen LogP) is 2.32. The lowest BCUT2D eigenvalue weighted by Gasteiger charge is -2.18. The van der Waals surface area contributed by atoms with E-state index in [4.69, 9.17) is 4.74 Å². The molecule has 114 valence electrons. The van der Waals surface area contributed by atoms with Gasteiger partial charge in [0.15, 0.2) is 0 Å². The summed E-state index contributed by atoms with van der Waals surface area (Å²) in [5.74, 6) is 0. The van der Waals surface area contributed by atoms with Gasteiger partial charge >= 0.3 is 0 Å². The molecule has 0 radical (unpaired) electrons. The highest BCUT2D eigenvalue weighted by Gasteiger charge is 2.31. The average molecular weight is 300 g/mol. The number of aliphatic hydroxyl groups is 1. The van der Waals surface area contributed by atoms with Crippen LogP contribution < -0.4 is 5.32 Å². The zero-order chi connectivity index (χ0) is 15.5. The number of aliphatic hydroxyl groups excluding tert-OH is 1. The molecule has 2 aromatic carbocycles. The van der Waals surface area contributed by atoms with Crippen molar-refractivity contribution in [2.75, 3.05) is 6.61 Å². The van der Waals surface area contributed by atoms with E-state index in [0.717, 1.165) is 11.1 Å². The van der Waals surface area contributed by atoms with E-state index < -0.39 is 11.0 Å². The van der Waals surface area contributed by atoms with Crippen molar-refractivity contribution < 1.29 is 14.8 Å². The van der Waals surface area contributed by atoms with Gasteiger partial charge in [-0.15, -0.1) is 0 Å². The number of nitrogens with zero attached hydrogens (tertiary/aromatic N) is 1. The Morgan fingerprint density at radius 2 is 1.86 bits per heavy atom. The first-order chi connectivity index (χ1) is 10.6. The molecule has 6 nitrogen and oxygen atoms in total. The van der Waals surface area contributed by atoms with E-state index in [1.165, 1.54) is 12.1 Å². The zero-order valence-corrected chi connectivity index (χ0v) is 11.8. The lowest BCUT2D eigenvalue weighted by atomic mass is 10.0. The standard InChI is InChI=1S/C16H16N2O4/c19-15(11-4-2-1-3-5-11)14-10-22-16(17-14)12-6-8-13(9-7-12)18(20)21/h1-9,14-17,19H,10H2/t14-,15?,16+/m0/s1. The second-order valence-electron chi connectivity index (χ2n) is 5.19. The summed E-state index contributed by atoms with van der Waals surface area (Å²) in [7, 11) is 0. The molecule has 2 aromatic rings. The summed E-state index contributed by atoms with van der Waals surface area (Å²) in [6, 6.07) is 15.4. The molecule has 0 amide bonds. The number of nitrogens with one attached hydrogen (secondary N) is 1. The fraction of sp³-hybridized carbons (Fsp3) is 0.250. The third kappa shape index (κ3) is 2.99. The molecule has 0 bridgehead atoms. The van der Waals surface area contributed by atoms with Crippen LogP contribution in [-0.2, 0) is 4.74 Å². The molecule has 1 heterocycles. The quantitative estimate of drug-likeness (QED) is 0.668. The van der Waals surface area contributed by atoms with Crippen LogP contribution in [-0.4, -0.2) is 22.7 Å². The SMILES string of the molecule is O=[N+]([O-])c1ccc([C@@H]2N[C@H](C(O)c3ccccc3)CO2)cc1. The van der Waals surface area contributed by atoms with Crippen LogP contribution in [0.3, 0.4) is 0 Å². The molecule has 3 rings (SSSR count). The molecular weight excluding hydrogens is 284 g/mol. The van der Waals surface area contributed by atoms with Crippen molar-refractivity contribution in [3.8, 4) is 0 Å². The molecule has 1 saturated heterocycles. The Bertz CT molecular complexity index is 645. The van der Waals surface area contributed by atoms with Crippen LogP contribution in [0.4, 0.5) is 5.69 Å². The monoisotopic (exact) mass is 300 g/mol. The van der Waals surface area contributed by atoms with Gasteiger partial charge in [-0.2, -0.15) is 0 Å². The van der Waals surface area contributed by atoms with Crippen LogP contribution >= 0.6 is 0 Å². The Balaban J connectivity index is 1.68. The summed E-state index contributed by atoms with van der Waals surface area (Å²) in [5.41, 5.74) is 1.67. The number of benzene rings is 2. The van der Waals surface area contributed by atoms with Gasteiger partial charge in [-0.1, -0.05) is 30.3 Å². The number of hydrogen-bond donors (Lipinski definition) is 2.